The van der Waals surface area contributed by atoms with Crippen LogP contribution < -0.4 is 0 Å². The minimum atomic E-state index is -0.445. The number of benzene rings is 1. The number of rotatable bonds is 4. The van der Waals surface area contributed by atoms with Gasteiger partial charge in [-0.05, 0) is 13.2 Å². The smallest absolute Gasteiger partial charge is 0.343 e. The third-order valence-corrected chi connectivity index (χ3v) is 3.76. The lowest BCUT2D eigenvalue weighted by Gasteiger charge is -2.07. The first-order valence-corrected chi connectivity index (χ1v) is 7.99. The van der Waals surface area contributed by atoms with Gasteiger partial charge in [-0.15, -0.1) is 10.2 Å². The Morgan fingerprint density at radius 2 is 1.92 bits per heavy atom. The fourth-order valence-electron chi connectivity index (χ4n) is 2.15. The Morgan fingerprint density at radius 1 is 1.21 bits per heavy atom. The Balaban J connectivity index is 0.00000144. The maximum Gasteiger partial charge on any atom is 0.343 e. The molecule has 0 bridgehead atoms. The first-order chi connectivity index (χ1) is 10.8. The molecule has 0 N–H and O–H groups in total. The van der Waals surface area contributed by atoms with Crippen LogP contribution in [0.15, 0.2) is 41.7 Å². The number of carbonyl (C=O) groups excluding carboxylic acids is 1. The van der Waals surface area contributed by atoms with Crippen molar-refractivity contribution in [2.75, 3.05) is 12.9 Å². The van der Waals surface area contributed by atoms with Crippen LogP contribution in [0.3, 0.4) is 0 Å². The van der Waals surface area contributed by atoms with Crippen molar-refractivity contribution in [3.8, 4) is 11.4 Å². The minimum Gasteiger partial charge on any atom is -0.462 e. The molecule has 0 aliphatic rings. The molecule has 2 atom stereocenters. The molecule has 0 aliphatic carbocycles. The number of esters is 1. The number of nitrogens with zero attached hydrogens (tertiary/aromatic N) is 4. The second-order valence-electron chi connectivity index (χ2n) is 4.43. The Hall–Kier alpha value is -1.55. The molecule has 0 spiro atoms. The van der Waals surface area contributed by atoms with Crippen LogP contribution in [0.2, 0.25) is 0 Å². The van der Waals surface area contributed by atoms with E-state index in [1.54, 1.807) is 11.3 Å². The summed E-state index contributed by atoms with van der Waals surface area (Å²) < 4.78 is 6.84. The van der Waals surface area contributed by atoms with Gasteiger partial charge in [0.05, 0.1) is 6.61 Å². The fraction of sp³-hybridized carbons (Fsp3) is 0.200. The first-order valence-electron chi connectivity index (χ1n) is 6.77. The monoisotopic (exact) mass is 382 g/mol. The highest BCUT2D eigenvalue weighted by molar-refractivity contribution is 7.98. The lowest BCUT2D eigenvalue weighted by molar-refractivity contribution is 0.0527. The standard InChI is InChI=1S/C15H14N4O2S.2H3P/c1-3-21-14(20)11-9-16-15(22-2)19-12(17-18-13(11)19)10-7-5-4-6-8-10;;/h4-9H,3H2,1-2H3;2*1H3. The van der Waals surface area contributed by atoms with E-state index in [0.717, 1.165) is 5.56 Å². The summed E-state index contributed by atoms with van der Waals surface area (Å²) in [5.41, 5.74) is 1.68. The molecule has 24 heavy (non-hydrogen) atoms. The molecule has 6 nitrogen and oxygen atoms in total. The lowest BCUT2D eigenvalue weighted by atomic mass is 10.2. The average Bonchev–Trinajstić information content (AvgIpc) is 3.00. The van der Waals surface area contributed by atoms with Gasteiger partial charge in [-0.25, -0.2) is 9.78 Å². The van der Waals surface area contributed by atoms with Gasteiger partial charge in [-0.2, -0.15) is 19.8 Å². The molecule has 0 saturated carbocycles. The van der Waals surface area contributed by atoms with Gasteiger partial charge in [-0.1, -0.05) is 42.1 Å². The highest BCUT2D eigenvalue weighted by atomic mass is 32.2. The highest BCUT2D eigenvalue weighted by Gasteiger charge is 2.20. The number of ether oxygens (including phenoxy) is 1. The Labute approximate surface area is 151 Å². The molecular weight excluding hydrogens is 362 g/mol. The van der Waals surface area contributed by atoms with Gasteiger partial charge in [0.2, 0.25) is 0 Å². The maximum atomic E-state index is 12.1. The molecule has 0 aliphatic heterocycles. The van der Waals surface area contributed by atoms with Gasteiger partial charge in [0.15, 0.2) is 16.6 Å². The van der Waals surface area contributed by atoms with Gasteiger partial charge in [0.1, 0.15) is 5.56 Å². The number of hydrogen-bond donors (Lipinski definition) is 0. The zero-order chi connectivity index (χ0) is 15.5. The van der Waals surface area contributed by atoms with Gasteiger partial charge in [0, 0.05) is 11.8 Å². The van der Waals surface area contributed by atoms with Crippen molar-refractivity contribution >= 4 is 43.2 Å². The van der Waals surface area contributed by atoms with E-state index in [4.69, 9.17) is 4.74 Å². The summed E-state index contributed by atoms with van der Waals surface area (Å²) in [6.07, 6.45) is 3.41. The van der Waals surface area contributed by atoms with Gasteiger partial charge in [0.25, 0.3) is 0 Å². The van der Waals surface area contributed by atoms with E-state index in [0.29, 0.717) is 28.8 Å². The van der Waals surface area contributed by atoms with E-state index >= 15 is 0 Å². The van der Waals surface area contributed by atoms with E-state index in [2.05, 4.69) is 15.2 Å². The second kappa shape index (κ2) is 9.07. The average molecular weight is 382 g/mol. The number of thioether (sulfide) groups is 1. The highest BCUT2D eigenvalue weighted by Crippen LogP contribution is 2.24. The fourth-order valence-corrected chi connectivity index (χ4v) is 2.66. The van der Waals surface area contributed by atoms with Crippen LogP contribution >= 0.6 is 31.6 Å². The third-order valence-electron chi connectivity index (χ3n) is 3.11. The number of fused-ring (bicyclic) bond motifs is 1. The predicted molar refractivity (Wildman–Crippen MR) is 106 cm³/mol. The molecule has 0 saturated heterocycles. The Kier molecular flexibility index (Phi) is 7.74. The van der Waals surface area contributed by atoms with Crippen molar-refractivity contribution in [1.29, 1.82) is 0 Å². The SMILES string of the molecule is CCOC(=O)c1cnc(SC)n2c(-c3ccccc3)nnc12.P.P. The molecule has 2 aromatic heterocycles. The zero-order valence-corrected chi connectivity index (χ0v) is 17.2. The Morgan fingerprint density at radius 3 is 2.54 bits per heavy atom. The van der Waals surface area contributed by atoms with Crippen LogP contribution in [0.25, 0.3) is 17.0 Å². The number of hydrogen-bond acceptors (Lipinski definition) is 6. The molecule has 1 aromatic carbocycles. The maximum absolute atomic E-state index is 12.1. The molecule has 128 valence electrons. The summed E-state index contributed by atoms with van der Waals surface area (Å²) in [4.78, 5) is 16.4. The molecule has 0 fully saturated rings. The molecule has 3 rings (SSSR count). The summed E-state index contributed by atoms with van der Waals surface area (Å²) in [6.45, 7) is 2.06. The van der Waals surface area contributed by atoms with Crippen molar-refractivity contribution in [2.45, 2.75) is 12.1 Å². The molecule has 0 radical (unpaired) electrons. The van der Waals surface area contributed by atoms with E-state index in [1.165, 1.54) is 18.0 Å². The predicted octanol–water partition coefficient (Wildman–Crippen LogP) is 2.81. The summed E-state index contributed by atoms with van der Waals surface area (Å²) in [6, 6.07) is 9.68. The quantitative estimate of drug-likeness (QED) is 0.299. The van der Waals surface area contributed by atoms with Crippen LogP contribution in [0.5, 0.6) is 0 Å². The third kappa shape index (κ3) is 3.75. The van der Waals surface area contributed by atoms with E-state index in [-0.39, 0.29) is 19.8 Å². The van der Waals surface area contributed by atoms with Crippen LogP contribution in [-0.2, 0) is 4.74 Å². The van der Waals surface area contributed by atoms with Crippen molar-refractivity contribution in [1.82, 2.24) is 19.6 Å². The van der Waals surface area contributed by atoms with Gasteiger partial charge < -0.3 is 4.74 Å². The number of carbonyl (C=O) groups is 1. The van der Waals surface area contributed by atoms with Crippen LogP contribution in [0.1, 0.15) is 17.3 Å². The van der Waals surface area contributed by atoms with Crippen LogP contribution in [0, 0.1) is 0 Å². The summed E-state index contributed by atoms with van der Waals surface area (Å²) in [5.74, 6) is 0.207. The summed E-state index contributed by atoms with van der Waals surface area (Å²) >= 11 is 1.47. The van der Waals surface area contributed by atoms with Crippen LogP contribution in [-0.4, -0.2) is 38.4 Å². The van der Waals surface area contributed by atoms with Crippen molar-refractivity contribution in [2.24, 2.45) is 0 Å². The van der Waals surface area contributed by atoms with E-state index in [1.807, 2.05) is 36.6 Å². The minimum absolute atomic E-state index is 0. The second-order valence-corrected chi connectivity index (χ2v) is 5.20. The summed E-state index contributed by atoms with van der Waals surface area (Å²) in [7, 11) is 0. The Bertz CT molecular complexity index is 827. The molecule has 2 heterocycles. The molecule has 3 aromatic rings. The molecular formula is C15H20N4O2P2S. The van der Waals surface area contributed by atoms with Crippen molar-refractivity contribution in [3.05, 3.63) is 42.1 Å². The topological polar surface area (TPSA) is 69.4 Å². The molecule has 0 amide bonds. The van der Waals surface area contributed by atoms with Gasteiger partial charge in [-0.3, -0.25) is 4.40 Å². The molecule has 9 heteroatoms. The molecule has 2 unspecified atom stereocenters. The van der Waals surface area contributed by atoms with Gasteiger partial charge >= 0.3 is 5.97 Å². The van der Waals surface area contributed by atoms with Crippen LogP contribution in [0.4, 0.5) is 0 Å². The number of aromatic nitrogens is 4. The zero-order valence-electron chi connectivity index (χ0n) is 13.6. The van der Waals surface area contributed by atoms with E-state index in [9.17, 15) is 4.79 Å². The summed E-state index contributed by atoms with van der Waals surface area (Å²) in [5, 5.41) is 9.11. The lowest BCUT2D eigenvalue weighted by Crippen LogP contribution is -2.09. The van der Waals surface area contributed by atoms with Crippen molar-refractivity contribution < 1.29 is 9.53 Å². The first kappa shape index (κ1) is 20.5. The normalized spacial score (nSPS) is 9.92. The van der Waals surface area contributed by atoms with E-state index < -0.39 is 5.97 Å². The van der Waals surface area contributed by atoms with Crippen molar-refractivity contribution in [3.63, 3.8) is 0 Å². The largest absolute Gasteiger partial charge is 0.462 e.